The summed E-state index contributed by atoms with van der Waals surface area (Å²) in [7, 11) is -3.55. The van der Waals surface area contributed by atoms with Crippen molar-refractivity contribution in [2.24, 2.45) is 0 Å². The number of H-pyrrole nitrogens is 1. The first-order valence-electron chi connectivity index (χ1n) is 6.68. The van der Waals surface area contributed by atoms with Gasteiger partial charge in [0.1, 0.15) is 0 Å². The predicted molar refractivity (Wildman–Crippen MR) is 89.3 cm³/mol. The smallest absolute Gasteiger partial charge is 0.408 e. The van der Waals surface area contributed by atoms with Gasteiger partial charge < -0.3 is 9.73 Å². The molecule has 0 atom stereocenters. The second kappa shape index (κ2) is 5.81. The molecule has 0 saturated heterocycles. The van der Waals surface area contributed by atoms with Crippen molar-refractivity contribution < 1.29 is 17.6 Å². The Balaban J connectivity index is 1.92. The lowest BCUT2D eigenvalue weighted by molar-refractivity contribution is 0.102. The molecule has 0 saturated carbocycles. The lowest BCUT2D eigenvalue weighted by Gasteiger charge is -2.08. The Hall–Kier alpha value is -2.58. The second-order valence-corrected chi connectivity index (χ2v) is 7.49. The van der Waals surface area contributed by atoms with Gasteiger partial charge in [0.2, 0.25) is 0 Å². The number of nitrogens with one attached hydrogen (secondary N) is 2. The van der Waals surface area contributed by atoms with Crippen LogP contribution in [0.3, 0.4) is 0 Å². The zero-order valence-corrected chi connectivity index (χ0v) is 13.9. The number of carbonyl (C=O) groups excluding carboxylic acids is 1. The highest BCUT2D eigenvalue weighted by atomic mass is 35.5. The van der Waals surface area contributed by atoms with Crippen molar-refractivity contribution in [3.63, 3.8) is 0 Å². The number of anilines is 1. The van der Waals surface area contributed by atoms with Crippen molar-refractivity contribution in [2.45, 2.75) is 4.90 Å². The average Bonchev–Trinajstić information content (AvgIpc) is 2.85. The van der Waals surface area contributed by atoms with E-state index in [1.165, 1.54) is 30.3 Å². The summed E-state index contributed by atoms with van der Waals surface area (Å²) >= 11 is 5.86. The van der Waals surface area contributed by atoms with Gasteiger partial charge >= 0.3 is 5.76 Å². The first-order chi connectivity index (χ1) is 11.2. The fraction of sp³-hybridized carbons (Fsp3) is 0.0667. The molecule has 3 aromatic rings. The molecule has 0 aliphatic rings. The lowest BCUT2D eigenvalue weighted by atomic mass is 10.2. The highest BCUT2D eigenvalue weighted by Crippen LogP contribution is 2.23. The topological polar surface area (TPSA) is 109 Å². The molecule has 0 aliphatic carbocycles. The van der Waals surface area contributed by atoms with Crippen molar-refractivity contribution in [3.8, 4) is 0 Å². The SMILES string of the molecule is CS(=O)(=O)c1cc(C(=O)Nc2ccc3oc(=O)[nH]c3c2)ccc1Cl. The molecule has 0 radical (unpaired) electrons. The molecule has 0 fully saturated rings. The third-order valence-corrected chi connectivity index (χ3v) is 4.85. The number of benzene rings is 2. The van der Waals surface area contributed by atoms with E-state index < -0.39 is 21.5 Å². The number of halogens is 1. The van der Waals surface area contributed by atoms with Crippen LogP contribution in [0.15, 0.2) is 50.5 Å². The number of hydrogen-bond acceptors (Lipinski definition) is 5. The van der Waals surface area contributed by atoms with Crippen LogP contribution in [0.2, 0.25) is 5.02 Å². The molecule has 0 unspecified atom stereocenters. The Morgan fingerprint density at radius 3 is 2.67 bits per heavy atom. The number of oxazole rings is 1. The van der Waals surface area contributed by atoms with Crippen LogP contribution < -0.4 is 11.1 Å². The minimum atomic E-state index is -3.55. The number of rotatable bonds is 3. The van der Waals surface area contributed by atoms with E-state index in [9.17, 15) is 18.0 Å². The van der Waals surface area contributed by atoms with Crippen LogP contribution >= 0.6 is 11.6 Å². The quantitative estimate of drug-likeness (QED) is 0.739. The minimum absolute atomic E-state index is 0.0476. The van der Waals surface area contributed by atoms with E-state index in [2.05, 4.69) is 10.3 Å². The van der Waals surface area contributed by atoms with Crippen LogP contribution in [0.5, 0.6) is 0 Å². The van der Waals surface area contributed by atoms with Crippen LogP contribution in [0, 0.1) is 0 Å². The Bertz CT molecular complexity index is 1110. The number of hydrogen-bond donors (Lipinski definition) is 2. The summed E-state index contributed by atoms with van der Waals surface area (Å²) in [5.41, 5.74) is 1.36. The summed E-state index contributed by atoms with van der Waals surface area (Å²) in [5, 5.41) is 2.66. The number of aromatic nitrogens is 1. The molecule has 1 heterocycles. The maximum atomic E-state index is 12.3. The molecule has 2 aromatic carbocycles. The van der Waals surface area contributed by atoms with E-state index in [4.69, 9.17) is 16.0 Å². The van der Waals surface area contributed by atoms with Crippen molar-refractivity contribution >= 4 is 44.1 Å². The summed E-state index contributed by atoms with van der Waals surface area (Å²) in [6.45, 7) is 0. The maximum absolute atomic E-state index is 12.3. The minimum Gasteiger partial charge on any atom is -0.408 e. The molecule has 7 nitrogen and oxygen atoms in total. The molecule has 24 heavy (non-hydrogen) atoms. The molecular weight excluding hydrogens is 356 g/mol. The largest absolute Gasteiger partial charge is 0.417 e. The first-order valence-corrected chi connectivity index (χ1v) is 8.95. The van der Waals surface area contributed by atoms with E-state index in [1.54, 1.807) is 6.07 Å². The summed E-state index contributed by atoms with van der Waals surface area (Å²) in [6.07, 6.45) is 1.01. The number of fused-ring (bicyclic) bond motifs is 1. The standard InChI is InChI=1S/C15H11ClN2O5S/c1-24(21,22)13-6-8(2-4-10(13)16)14(19)17-9-3-5-12-11(7-9)18-15(20)23-12/h2-7H,1H3,(H,17,19)(H,18,20). The fourth-order valence-electron chi connectivity index (χ4n) is 2.16. The van der Waals surface area contributed by atoms with Gasteiger partial charge in [-0.3, -0.25) is 9.78 Å². The Labute approximate surface area is 141 Å². The van der Waals surface area contributed by atoms with Crippen LogP contribution in [0.1, 0.15) is 10.4 Å². The average molecular weight is 367 g/mol. The van der Waals surface area contributed by atoms with Gasteiger partial charge in [0, 0.05) is 17.5 Å². The lowest BCUT2D eigenvalue weighted by Crippen LogP contribution is -2.13. The second-order valence-electron chi connectivity index (χ2n) is 5.10. The van der Waals surface area contributed by atoms with Gasteiger partial charge in [-0.15, -0.1) is 0 Å². The zero-order valence-electron chi connectivity index (χ0n) is 12.3. The van der Waals surface area contributed by atoms with E-state index in [1.807, 2.05) is 0 Å². The van der Waals surface area contributed by atoms with Gasteiger partial charge in [-0.1, -0.05) is 11.6 Å². The van der Waals surface area contributed by atoms with Gasteiger partial charge in [0.05, 0.1) is 15.4 Å². The van der Waals surface area contributed by atoms with Crippen molar-refractivity contribution in [1.29, 1.82) is 0 Å². The monoisotopic (exact) mass is 366 g/mol. The molecule has 1 aromatic heterocycles. The summed E-state index contributed by atoms with van der Waals surface area (Å²) in [5.74, 6) is -1.11. The number of aromatic amines is 1. The van der Waals surface area contributed by atoms with Crippen LogP contribution in [0.25, 0.3) is 11.1 Å². The van der Waals surface area contributed by atoms with Gasteiger partial charge in [-0.2, -0.15) is 0 Å². The van der Waals surface area contributed by atoms with E-state index in [0.29, 0.717) is 16.8 Å². The third-order valence-electron chi connectivity index (χ3n) is 3.27. The maximum Gasteiger partial charge on any atom is 0.417 e. The molecule has 0 spiro atoms. The van der Waals surface area contributed by atoms with Gasteiger partial charge in [-0.05, 0) is 36.4 Å². The molecule has 0 aliphatic heterocycles. The Kier molecular flexibility index (Phi) is 3.94. The third kappa shape index (κ3) is 3.19. The summed E-state index contributed by atoms with van der Waals surface area (Å²) < 4.78 is 28.2. The van der Waals surface area contributed by atoms with Crippen molar-refractivity contribution in [2.75, 3.05) is 11.6 Å². The zero-order chi connectivity index (χ0) is 17.5. The molecule has 0 bridgehead atoms. The fourth-order valence-corrected chi connectivity index (χ4v) is 3.46. The highest BCUT2D eigenvalue weighted by molar-refractivity contribution is 7.90. The van der Waals surface area contributed by atoms with Crippen LogP contribution in [-0.2, 0) is 9.84 Å². The van der Waals surface area contributed by atoms with Gasteiger partial charge in [0.15, 0.2) is 15.4 Å². The molecular formula is C15H11ClN2O5S. The van der Waals surface area contributed by atoms with Gasteiger partial charge in [0.25, 0.3) is 5.91 Å². The number of amides is 1. The van der Waals surface area contributed by atoms with Crippen molar-refractivity contribution in [3.05, 3.63) is 57.5 Å². The summed E-state index contributed by atoms with van der Waals surface area (Å²) in [6, 6.07) is 8.61. The molecule has 124 valence electrons. The van der Waals surface area contributed by atoms with E-state index in [-0.39, 0.29) is 15.5 Å². The first kappa shape index (κ1) is 16.3. The molecule has 9 heteroatoms. The van der Waals surface area contributed by atoms with E-state index >= 15 is 0 Å². The molecule has 2 N–H and O–H groups in total. The van der Waals surface area contributed by atoms with Crippen LogP contribution in [0.4, 0.5) is 5.69 Å². The predicted octanol–water partition coefficient (Wildman–Crippen LogP) is 2.43. The highest BCUT2D eigenvalue weighted by Gasteiger charge is 2.16. The summed E-state index contributed by atoms with van der Waals surface area (Å²) in [4.78, 5) is 25.8. The molecule has 3 rings (SSSR count). The van der Waals surface area contributed by atoms with E-state index in [0.717, 1.165) is 6.26 Å². The normalized spacial score (nSPS) is 11.6. The Morgan fingerprint density at radius 2 is 1.96 bits per heavy atom. The van der Waals surface area contributed by atoms with Gasteiger partial charge in [-0.25, -0.2) is 13.2 Å². The van der Waals surface area contributed by atoms with Crippen molar-refractivity contribution in [1.82, 2.24) is 4.98 Å². The number of carbonyl (C=O) groups is 1. The number of sulfone groups is 1. The Morgan fingerprint density at radius 1 is 1.21 bits per heavy atom. The molecule has 1 amide bonds. The van der Waals surface area contributed by atoms with Crippen LogP contribution in [-0.4, -0.2) is 25.6 Å².